The van der Waals surface area contributed by atoms with Gasteiger partial charge in [0.2, 0.25) is 0 Å². The smallest absolute Gasteiger partial charge is 1.00 e. The summed E-state index contributed by atoms with van der Waals surface area (Å²) in [4.78, 5) is 25.5. The SMILES string of the molecule is CCCCCCCCO[Si](O)(O)O.[H-].[Li+]. The topological polar surface area (TPSA) is 69.9 Å². The van der Waals surface area contributed by atoms with Crippen molar-refractivity contribution in [2.45, 2.75) is 45.4 Å². The minimum Gasteiger partial charge on any atom is -1.00 e. The first-order chi connectivity index (χ1) is 6.06. The molecule has 0 aliphatic heterocycles. The molecule has 0 atom stereocenters. The summed E-state index contributed by atoms with van der Waals surface area (Å²) < 4.78 is 4.44. The zero-order valence-corrected chi connectivity index (χ0v) is 10.2. The predicted molar refractivity (Wildman–Crippen MR) is 52.9 cm³/mol. The Labute approximate surface area is 100 Å². The first-order valence-corrected chi connectivity index (χ1v) is 6.62. The van der Waals surface area contributed by atoms with Crippen LogP contribution in [0.5, 0.6) is 0 Å². The molecular weight excluding hydrogens is 195 g/mol. The van der Waals surface area contributed by atoms with Crippen molar-refractivity contribution < 1.29 is 39.1 Å². The van der Waals surface area contributed by atoms with Crippen LogP contribution in [0.3, 0.4) is 0 Å². The van der Waals surface area contributed by atoms with E-state index in [1.54, 1.807) is 0 Å². The normalized spacial score (nSPS) is 11.1. The van der Waals surface area contributed by atoms with Crippen LogP contribution in [-0.4, -0.2) is 30.0 Å². The van der Waals surface area contributed by atoms with Crippen molar-refractivity contribution in [2.75, 3.05) is 6.61 Å². The molecule has 0 aliphatic carbocycles. The Hall–Kier alpha value is 0.654. The molecule has 0 aromatic rings. The maximum absolute atomic E-state index is 8.49. The molecule has 6 heteroatoms. The molecule has 0 bridgehead atoms. The predicted octanol–water partition coefficient (Wildman–Crippen LogP) is -2.11. The van der Waals surface area contributed by atoms with Gasteiger partial charge in [-0.1, -0.05) is 39.0 Å². The van der Waals surface area contributed by atoms with E-state index in [0.717, 1.165) is 19.3 Å². The third-order valence-corrected chi connectivity index (χ3v) is 2.39. The molecule has 0 rings (SSSR count). The van der Waals surface area contributed by atoms with E-state index in [1.165, 1.54) is 19.3 Å². The van der Waals surface area contributed by atoms with Crippen molar-refractivity contribution >= 4 is 9.05 Å². The first-order valence-electron chi connectivity index (χ1n) is 4.87. The second kappa shape index (κ2) is 10.2. The molecular formula is C8H21LiO4Si. The van der Waals surface area contributed by atoms with Crippen LogP contribution in [0.4, 0.5) is 0 Å². The largest absolute Gasteiger partial charge is 1.00 e. The molecule has 14 heavy (non-hydrogen) atoms. The number of hydrogen-bond acceptors (Lipinski definition) is 4. The molecule has 0 fully saturated rings. The zero-order valence-electron chi connectivity index (χ0n) is 10.2. The van der Waals surface area contributed by atoms with Crippen molar-refractivity contribution in [1.82, 2.24) is 0 Å². The van der Waals surface area contributed by atoms with Gasteiger partial charge in [-0.05, 0) is 6.42 Å². The van der Waals surface area contributed by atoms with Crippen molar-refractivity contribution in [3.8, 4) is 0 Å². The molecule has 4 nitrogen and oxygen atoms in total. The summed E-state index contributed by atoms with van der Waals surface area (Å²) in [6.07, 6.45) is 6.63. The van der Waals surface area contributed by atoms with Gasteiger partial charge in [-0.2, -0.15) is 0 Å². The Kier molecular flexibility index (Phi) is 12.4. The third kappa shape index (κ3) is 15.1. The number of rotatable bonds is 8. The monoisotopic (exact) mass is 216 g/mol. The molecule has 0 aliphatic rings. The van der Waals surface area contributed by atoms with Crippen LogP contribution in [0.2, 0.25) is 0 Å². The molecule has 0 amide bonds. The van der Waals surface area contributed by atoms with E-state index in [-0.39, 0.29) is 26.9 Å². The van der Waals surface area contributed by atoms with Crippen LogP contribution in [0.1, 0.15) is 46.9 Å². The minimum atomic E-state index is -4.23. The van der Waals surface area contributed by atoms with Crippen LogP contribution in [-0.2, 0) is 4.43 Å². The van der Waals surface area contributed by atoms with Gasteiger partial charge in [0.05, 0.1) is 0 Å². The van der Waals surface area contributed by atoms with Crippen LogP contribution in [0.25, 0.3) is 0 Å². The molecule has 82 valence electrons. The average Bonchev–Trinajstić information content (AvgIpc) is 2.01. The summed E-state index contributed by atoms with van der Waals surface area (Å²) in [5.41, 5.74) is 0. The van der Waals surface area contributed by atoms with E-state index in [4.69, 9.17) is 14.4 Å². The Morgan fingerprint density at radius 2 is 1.50 bits per heavy atom. The Morgan fingerprint density at radius 3 is 2.00 bits per heavy atom. The maximum atomic E-state index is 8.49. The van der Waals surface area contributed by atoms with Crippen LogP contribution in [0, 0.1) is 0 Å². The maximum Gasteiger partial charge on any atom is 1.00 e. The molecule has 0 aromatic carbocycles. The van der Waals surface area contributed by atoms with Gasteiger partial charge in [-0.25, -0.2) is 0 Å². The van der Waals surface area contributed by atoms with Gasteiger partial charge in [-0.3, -0.25) is 0 Å². The van der Waals surface area contributed by atoms with Gasteiger partial charge in [0.15, 0.2) is 0 Å². The molecule has 3 N–H and O–H groups in total. The fourth-order valence-corrected chi connectivity index (χ4v) is 1.51. The van der Waals surface area contributed by atoms with Crippen LogP contribution in [0.15, 0.2) is 0 Å². The van der Waals surface area contributed by atoms with Gasteiger partial charge >= 0.3 is 27.9 Å². The average molecular weight is 216 g/mol. The Bertz CT molecular complexity index is 124. The zero-order chi connectivity index (χ0) is 10.2. The fourth-order valence-electron chi connectivity index (χ4n) is 1.09. The van der Waals surface area contributed by atoms with E-state index >= 15 is 0 Å². The van der Waals surface area contributed by atoms with E-state index < -0.39 is 9.05 Å². The molecule has 0 saturated carbocycles. The summed E-state index contributed by atoms with van der Waals surface area (Å²) in [7, 11) is -4.23. The number of hydrogen-bond donors (Lipinski definition) is 3. The van der Waals surface area contributed by atoms with E-state index in [1.807, 2.05) is 0 Å². The molecule has 0 aromatic heterocycles. The molecule has 0 spiro atoms. The van der Waals surface area contributed by atoms with E-state index in [9.17, 15) is 0 Å². The summed E-state index contributed by atoms with van der Waals surface area (Å²) >= 11 is 0. The summed E-state index contributed by atoms with van der Waals surface area (Å²) in [6.45, 7) is 2.40. The Morgan fingerprint density at radius 1 is 1.00 bits per heavy atom. The van der Waals surface area contributed by atoms with Gasteiger partial charge in [0.1, 0.15) is 0 Å². The van der Waals surface area contributed by atoms with Crippen LogP contribution >= 0.6 is 0 Å². The van der Waals surface area contributed by atoms with Crippen molar-refractivity contribution in [1.29, 1.82) is 0 Å². The molecule has 0 radical (unpaired) electrons. The van der Waals surface area contributed by atoms with Crippen molar-refractivity contribution in [3.63, 3.8) is 0 Å². The standard InChI is InChI=1S/C8H20O4Si.Li.H/c1-2-3-4-5-6-7-8-12-13(9,10)11;;/h9-11H,2-8H2,1H3;;/q;+1;-1. The van der Waals surface area contributed by atoms with Gasteiger partial charge < -0.3 is 20.2 Å². The number of unbranched alkanes of at least 4 members (excludes halogenated alkanes) is 5. The van der Waals surface area contributed by atoms with Gasteiger partial charge in [0.25, 0.3) is 0 Å². The van der Waals surface area contributed by atoms with Gasteiger partial charge in [0, 0.05) is 6.61 Å². The van der Waals surface area contributed by atoms with Gasteiger partial charge in [-0.15, -0.1) is 0 Å². The third-order valence-electron chi connectivity index (χ3n) is 1.79. The van der Waals surface area contributed by atoms with E-state index in [2.05, 4.69) is 11.3 Å². The summed E-state index contributed by atoms with van der Waals surface area (Å²) in [6, 6.07) is 0. The van der Waals surface area contributed by atoms with Crippen molar-refractivity contribution in [2.24, 2.45) is 0 Å². The first kappa shape index (κ1) is 17.1. The second-order valence-corrected chi connectivity index (χ2v) is 4.63. The molecule has 0 unspecified atom stereocenters. The second-order valence-electron chi connectivity index (χ2n) is 3.19. The van der Waals surface area contributed by atoms with Crippen LogP contribution < -0.4 is 18.9 Å². The Balaban J connectivity index is -0.000000720. The van der Waals surface area contributed by atoms with Crippen molar-refractivity contribution in [3.05, 3.63) is 0 Å². The molecule has 0 saturated heterocycles. The quantitative estimate of drug-likeness (QED) is 0.321. The fraction of sp³-hybridized carbons (Fsp3) is 1.00. The summed E-state index contributed by atoms with van der Waals surface area (Å²) in [5, 5.41) is 0. The minimum absolute atomic E-state index is 0. The summed E-state index contributed by atoms with van der Waals surface area (Å²) in [5.74, 6) is 0. The molecule has 0 heterocycles. The van der Waals surface area contributed by atoms with E-state index in [0.29, 0.717) is 0 Å².